The highest BCUT2D eigenvalue weighted by Crippen LogP contribution is 2.29. The van der Waals surface area contributed by atoms with Gasteiger partial charge in [-0.25, -0.2) is 13.4 Å². The second kappa shape index (κ2) is 7.90. The van der Waals surface area contributed by atoms with Gasteiger partial charge >= 0.3 is 0 Å². The van der Waals surface area contributed by atoms with E-state index in [0.717, 1.165) is 34.5 Å². The Balaban J connectivity index is 1.55. The van der Waals surface area contributed by atoms with Gasteiger partial charge < -0.3 is 4.90 Å². The van der Waals surface area contributed by atoms with Crippen LogP contribution in [0.25, 0.3) is 10.2 Å². The molecule has 0 bridgehead atoms. The van der Waals surface area contributed by atoms with Crippen molar-refractivity contribution in [3.63, 3.8) is 0 Å². The molecular weight excluding hydrogens is 414 g/mol. The Bertz CT molecular complexity index is 1060. The molecule has 0 radical (unpaired) electrons. The number of rotatable bonds is 5. The average molecular weight is 436 g/mol. The first-order valence-corrected chi connectivity index (χ1v) is 12.3. The standard InChI is InChI=1S/C19H21N3O3S3/c1-21(13-17-20-14-7-3-4-8-15(14)27-17)19(23)18-16(9-12-26-18)28(24,25)22-10-5-2-6-11-22/h3-4,7-9,12H,2,5-6,10-11,13H2,1H3. The lowest BCUT2D eigenvalue weighted by Gasteiger charge is -2.26. The molecule has 3 aromatic rings. The topological polar surface area (TPSA) is 70.6 Å². The van der Waals surface area contributed by atoms with Crippen molar-refractivity contribution in [1.82, 2.24) is 14.2 Å². The number of hydrogen-bond acceptors (Lipinski definition) is 6. The lowest BCUT2D eigenvalue weighted by atomic mass is 10.2. The fourth-order valence-electron chi connectivity index (χ4n) is 3.34. The van der Waals surface area contributed by atoms with Crippen molar-refractivity contribution in [3.05, 3.63) is 45.6 Å². The first-order valence-electron chi connectivity index (χ1n) is 9.14. The zero-order valence-corrected chi connectivity index (χ0v) is 17.9. The van der Waals surface area contributed by atoms with Crippen LogP contribution in [0.1, 0.15) is 33.9 Å². The fourth-order valence-corrected chi connectivity index (χ4v) is 7.26. The van der Waals surface area contributed by atoms with E-state index in [1.165, 1.54) is 15.6 Å². The van der Waals surface area contributed by atoms with Crippen molar-refractivity contribution in [3.8, 4) is 0 Å². The molecule has 28 heavy (non-hydrogen) atoms. The summed E-state index contributed by atoms with van der Waals surface area (Å²) in [5.74, 6) is -0.287. The summed E-state index contributed by atoms with van der Waals surface area (Å²) in [4.78, 5) is 19.5. The van der Waals surface area contributed by atoms with Crippen molar-refractivity contribution in [1.29, 1.82) is 0 Å². The molecule has 0 atom stereocenters. The molecule has 1 amide bonds. The van der Waals surface area contributed by atoms with Crippen molar-refractivity contribution in [2.75, 3.05) is 20.1 Å². The summed E-state index contributed by atoms with van der Waals surface area (Å²) in [6.07, 6.45) is 2.78. The van der Waals surface area contributed by atoms with E-state index in [9.17, 15) is 13.2 Å². The summed E-state index contributed by atoms with van der Waals surface area (Å²) < 4.78 is 28.6. The van der Waals surface area contributed by atoms with Crippen molar-refractivity contribution < 1.29 is 13.2 Å². The zero-order chi connectivity index (χ0) is 19.7. The number of thiazole rings is 1. The van der Waals surface area contributed by atoms with Crippen molar-refractivity contribution in [2.45, 2.75) is 30.7 Å². The summed E-state index contributed by atoms with van der Waals surface area (Å²) in [6, 6.07) is 9.39. The number of aromatic nitrogens is 1. The number of benzene rings is 1. The lowest BCUT2D eigenvalue weighted by molar-refractivity contribution is 0.0786. The van der Waals surface area contributed by atoms with E-state index in [1.54, 1.807) is 34.7 Å². The van der Waals surface area contributed by atoms with Crippen molar-refractivity contribution in [2.24, 2.45) is 0 Å². The van der Waals surface area contributed by atoms with Gasteiger partial charge in [0.15, 0.2) is 0 Å². The van der Waals surface area contributed by atoms with E-state index in [1.807, 2.05) is 24.3 Å². The third-order valence-electron chi connectivity index (χ3n) is 4.81. The summed E-state index contributed by atoms with van der Waals surface area (Å²) >= 11 is 2.72. The van der Waals surface area contributed by atoms with Crippen LogP contribution in [-0.4, -0.2) is 48.7 Å². The van der Waals surface area contributed by atoms with E-state index >= 15 is 0 Å². The SMILES string of the molecule is CN(Cc1nc2ccccc2s1)C(=O)c1sccc1S(=O)(=O)N1CCCCC1. The lowest BCUT2D eigenvalue weighted by Crippen LogP contribution is -2.36. The van der Waals surface area contributed by atoms with Gasteiger partial charge in [-0.3, -0.25) is 4.79 Å². The molecule has 0 unspecified atom stereocenters. The number of sulfonamides is 1. The number of nitrogens with zero attached hydrogens (tertiary/aromatic N) is 3. The number of fused-ring (bicyclic) bond motifs is 1. The van der Waals surface area contributed by atoms with E-state index in [-0.39, 0.29) is 15.7 Å². The second-order valence-electron chi connectivity index (χ2n) is 6.82. The number of para-hydroxylation sites is 1. The van der Waals surface area contributed by atoms with Crippen LogP contribution in [0.5, 0.6) is 0 Å². The van der Waals surface area contributed by atoms with Crippen LogP contribution in [-0.2, 0) is 16.6 Å². The number of carbonyl (C=O) groups excluding carboxylic acids is 1. The smallest absolute Gasteiger partial charge is 0.265 e. The zero-order valence-electron chi connectivity index (χ0n) is 15.5. The number of piperidine rings is 1. The first kappa shape index (κ1) is 19.5. The van der Waals surface area contributed by atoms with Gasteiger partial charge in [-0.05, 0) is 36.4 Å². The highest BCUT2D eigenvalue weighted by Gasteiger charge is 2.32. The molecule has 1 fully saturated rings. The molecular formula is C19H21N3O3S3. The Morgan fingerprint density at radius 2 is 1.93 bits per heavy atom. The third-order valence-corrected chi connectivity index (χ3v) is 8.81. The molecule has 0 aliphatic carbocycles. The van der Waals surface area contributed by atoms with Crippen LogP contribution < -0.4 is 0 Å². The minimum atomic E-state index is -3.64. The Morgan fingerprint density at radius 3 is 2.68 bits per heavy atom. The summed E-state index contributed by atoms with van der Waals surface area (Å²) in [6.45, 7) is 1.39. The Labute approximate surface area is 172 Å². The second-order valence-corrected chi connectivity index (χ2v) is 10.8. The first-order chi connectivity index (χ1) is 13.5. The fraction of sp³-hybridized carbons (Fsp3) is 0.368. The van der Waals surface area contributed by atoms with Gasteiger partial charge in [0, 0.05) is 20.1 Å². The third kappa shape index (κ3) is 3.71. The van der Waals surface area contributed by atoms with Crippen molar-refractivity contribution >= 4 is 48.8 Å². The number of carbonyl (C=O) groups is 1. The monoisotopic (exact) mass is 435 g/mol. The van der Waals surface area contributed by atoms with Crippen LogP contribution in [0, 0.1) is 0 Å². The molecule has 0 N–H and O–H groups in total. The molecule has 1 aliphatic heterocycles. The minimum absolute atomic E-state index is 0.126. The number of thiophene rings is 1. The van der Waals surface area contributed by atoms with Crippen LogP contribution in [0.2, 0.25) is 0 Å². The highest BCUT2D eigenvalue weighted by molar-refractivity contribution is 7.89. The van der Waals surface area contributed by atoms with E-state index in [2.05, 4.69) is 4.98 Å². The van der Waals surface area contributed by atoms with Gasteiger partial charge in [-0.1, -0.05) is 18.6 Å². The number of amides is 1. The molecule has 0 saturated carbocycles. The normalized spacial score (nSPS) is 15.8. The maximum Gasteiger partial charge on any atom is 0.265 e. The number of hydrogen-bond donors (Lipinski definition) is 0. The Kier molecular flexibility index (Phi) is 5.50. The quantitative estimate of drug-likeness (QED) is 0.611. The van der Waals surface area contributed by atoms with Gasteiger partial charge in [0.05, 0.1) is 16.8 Å². The molecule has 1 aromatic carbocycles. The average Bonchev–Trinajstić information content (AvgIpc) is 3.35. The molecule has 3 heterocycles. The van der Waals surface area contributed by atoms with Gasteiger partial charge in [-0.15, -0.1) is 22.7 Å². The van der Waals surface area contributed by atoms with Crippen LogP contribution in [0.4, 0.5) is 0 Å². The molecule has 1 aliphatic rings. The van der Waals surface area contributed by atoms with Gasteiger partial charge in [-0.2, -0.15) is 4.31 Å². The molecule has 0 spiro atoms. The minimum Gasteiger partial charge on any atom is -0.334 e. The summed E-state index contributed by atoms with van der Waals surface area (Å²) in [7, 11) is -1.95. The Morgan fingerprint density at radius 1 is 1.18 bits per heavy atom. The molecule has 9 heteroatoms. The highest BCUT2D eigenvalue weighted by atomic mass is 32.2. The van der Waals surface area contributed by atoms with E-state index in [4.69, 9.17) is 0 Å². The van der Waals surface area contributed by atoms with Crippen LogP contribution in [0.15, 0.2) is 40.6 Å². The molecule has 2 aromatic heterocycles. The molecule has 4 rings (SSSR count). The van der Waals surface area contributed by atoms with E-state index in [0.29, 0.717) is 19.6 Å². The summed E-state index contributed by atoms with van der Waals surface area (Å²) in [5.41, 5.74) is 0.910. The predicted molar refractivity (Wildman–Crippen MR) is 112 cm³/mol. The Hall–Kier alpha value is -1.81. The maximum absolute atomic E-state index is 13.0. The molecule has 1 saturated heterocycles. The van der Waals surface area contributed by atoms with E-state index < -0.39 is 10.0 Å². The molecule has 6 nitrogen and oxygen atoms in total. The molecule has 148 valence electrons. The van der Waals surface area contributed by atoms with Crippen LogP contribution in [0.3, 0.4) is 0 Å². The largest absolute Gasteiger partial charge is 0.334 e. The van der Waals surface area contributed by atoms with Gasteiger partial charge in [0.2, 0.25) is 10.0 Å². The van der Waals surface area contributed by atoms with Gasteiger partial charge in [0.25, 0.3) is 5.91 Å². The van der Waals surface area contributed by atoms with Gasteiger partial charge in [0.1, 0.15) is 14.8 Å². The summed E-state index contributed by atoms with van der Waals surface area (Å²) in [5, 5.41) is 2.50. The predicted octanol–water partition coefficient (Wildman–Crippen LogP) is 3.80. The van der Waals surface area contributed by atoms with Crippen LogP contribution >= 0.6 is 22.7 Å². The maximum atomic E-state index is 13.0.